The van der Waals surface area contributed by atoms with Crippen molar-refractivity contribution in [1.29, 1.82) is 0 Å². The topological polar surface area (TPSA) is 141 Å². The maximum absolute atomic E-state index is 14.7. The number of carboxylic acids is 1. The Morgan fingerprint density at radius 1 is 1.23 bits per heavy atom. The van der Waals surface area contributed by atoms with Crippen molar-refractivity contribution in [3.8, 4) is 17.3 Å². The number of benzene rings is 1. The molecule has 2 aromatic heterocycles. The largest absolute Gasteiger partial charge is 0.481 e. The molecule has 3 aromatic rings. The van der Waals surface area contributed by atoms with Gasteiger partial charge in [-0.2, -0.15) is 0 Å². The smallest absolute Gasteiger partial charge is 0.407 e. The van der Waals surface area contributed by atoms with E-state index in [4.69, 9.17) is 26.2 Å². The van der Waals surface area contributed by atoms with Gasteiger partial charge in [0.15, 0.2) is 17.5 Å². The minimum Gasteiger partial charge on any atom is -0.481 e. The molecule has 1 atom stereocenters. The summed E-state index contributed by atoms with van der Waals surface area (Å²) in [7, 11) is 0. The molecular formula is C21H21ClF2N6O5. The maximum atomic E-state index is 14.7. The second-order valence-electron chi connectivity index (χ2n) is 8.30. The van der Waals surface area contributed by atoms with Crippen LogP contribution in [-0.4, -0.2) is 54.0 Å². The van der Waals surface area contributed by atoms with Crippen molar-refractivity contribution >= 4 is 23.7 Å². The zero-order chi connectivity index (χ0) is 25.8. The summed E-state index contributed by atoms with van der Waals surface area (Å²) in [4.78, 5) is 27.8. The third kappa shape index (κ3) is 7.57. The van der Waals surface area contributed by atoms with Gasteiger partial charge in [-0.3, -0.25) is 4.79 Å². The minimum atomic E-state index is -1.16. The molecule has 2 heterocycles. The van der Waals surface area contributed by atoms with Gasteiger partial charge in [0.1, 0.15) is 17.0 Å². The third-order valence-corrected chi connectivity index (χ3v) is 4.36. The average molecular weight is 511 g/mol. The Labute approximate surface area is 203 Å². The number of carboxylic acid groups (broad SMARTS) is 1. The molecule has 14 heteroatoms. The van der Waals surface area contributed by atoms with Gasteiger partial charge in [0.2, 0.25) is 0 Å². The highest BCUT2D eigenvalue weighted by Crippen LogP contribution is 2.26. The number of hydrogen-bond acceptors (Lipinski definition) is 8. The molecule has 0 aliphatic heterocycles. The number of nitrogens with zero attached hydrogens (tertiary/aromatic N) is 5. The number of halogens is 3. The van der Waals surface area contributed by atoms with Crippen LogP contribution in [0.1, 0.15) is 33.0 Å². The SMILES string of the molecule is CC(C)(C)OC(=O)NC(CC(=O)O)Cc1nnn(-c2ccc(Oc3ncc(Cl)cc3F)cc2F)n1. The van der Waals surface area contributed by atoms with E-state index in [1.54, 1.807) is 20.8 Å². The zero-order valence-electron chi connectivity index (χ0n) is 18.8. The standard InChI is InChI=1S/C21H21ClF2N6O5/c1-21(2,3)35-20(33)26-12(8-18(31)32)7-17-27-29-30(28-17)16-5-4-13(9-14(16)23)34-19-15(24)6-11(22)10-25-19/h4-6,9-10,12H,7-8H2,1-3H3,(H,26,33)(H,31,32). The quantitative estimate of drug-likeness (QED) is 0.464. The summed E-state index contributed by atoms with van der Waals surface area (Å²) in [6, 6.07) is 3.70. The zero-order valence-corrected chi connectivity index (χ0v) is 19.6. The van der Waals surface area contributed by atoms with Crippen LogP contribution in [0, 0.1) is 11.6 Å². The van der Waals surface area contributed by atoms with Crippen molar-refractivity contribution in [1.82, 2.24) is 30.5 Å². The van der Waals surface area contributed by atoms with Crippen molar-refractivity contribution in [2.75, 3.05) is 0 Å². The molecule has 0 spiro atoms. The first-order chi connectivity index (χ1) is 16.4. The second-order valence-corrected chi connectivity index (χ2v) is 8.73. The lowest BCUT2D eigenvalue weighted by Gasteiger charge is -2.22. The van der Waals surface area contributed by atoms with Gasteiger partial charge < -0.3 is 19.9 Å². The third-order valence-electron chi connectivity index (χ3n) is 4.15. The van der Waals surface area contributed by atoms with E-state index < -0.39 is 41.8 Å². The molecule has 186 valence electrons. The van der Waals surface area contributed by atoms with Gasteiger partial charge >= 0.3 is 12.1 Å². The maximum Gasteiger partial charge on any atom is 0.407 e. The molecule has 0 aliphatic carbocycles. The molecule has 0 bridgehead atoms. The molecule has 0 aliphatic rings. The monoisotopic (exact) mass is 510 g/mol. The van der Waals surface area contributed by atoms with E-state index in [1.165, 1.54) is 18.3 Å². The lowest BCUT2D eigenvalue weighted by atomic mass is 10.1. The predicted molar refractivity (Wildman–Crippen MR) is 118 cm³/mol. The fourth-order valence-electron chi connectivity index (χ4n) is 2.81. The van der Waals surface area contributed by atoms with Crippen LogP contribution in [0.2, 0.25) is 5.02 Å². The van der Waals surface area contributed by atoms with E-state index in [2.05, 4.69) is 25.7 Å². The van der Waals surface area contributed by atoms with E-state index in [9.17, 15) is 18.4 Å². The number of aliphatic carboxylic acids is 1. The highest BCUT2D eigenvalue weighted by Gasteiger charge is 2.23. The highest BCUT2D eigenvalue weighted by atomic mass is 35.5. The van der Waals surface area contributed by atoms with Crippen molar-refractivity contribution in [3.63, 3.8) is 0 Å². The Balaban J connectivity index is 1.72. The van der Waals surface area contributed by atoms with E-state index in [-0.39, 0.29) is 34.6 Å². The molecule has 1 amide bonds. The van der Waals surface area contributed by atoms with Gasteiger partial charge in [-0.25, -0.2) is 18.6 Å². The average Bonchev–Trinajstić information content (AvgIpc) is 3.16. The second kappa shape index (κ2) is 10.6. The summed E-state index contributed by atoms with van der Waals surface area (Å²) in [6.07, 6.45) is -0.149. The first-order valence-electron chi connectivity index (χ1n) is 10.2. The number of aromatic nitrogens is 5. The van der Waals surface area contributed by atoms with Crippen LogP contribution in [0.25, 0.3) is 5.69 Å². The normalized spacial score (nSPS) is 12.2. The summed E-state index contributed by atoms with van der Waals surface area (Å²) >= 11 is 5.65. The Morgan fingerprint density at radius 3 is 2.60 bits per heavy atom. The Morgan fingerprint density at radius 2 is 1.97 bits per heavy atom. The van der Waals surface area contributed by atoms with E-state index in [0.717, 1.165) is 16.9 Å². The molecule has 11 nitrogen and oxygen atoms in total. The molecule has 1 aromatic carbocycles. The lowest BCUT2D eigenvalue weighted by molar-refractivity contribution is -0.137. The fourth-order valence-corrected chi connectivity index (χ4v) is 2.95. The molecule has 1 unspecified atom stereocenters. The number of nitrogens with one attached hydrogen (secondary N) is 1. The number of hydrogen-bond donors (Lipinski definition) is 2. The van der Waals surface area contributed by atoms with Crippen molar-refractivity contribution in [2.45, 2.75) is 45.3 Å². The predicted octanol–water partition coefficient (Wildman–Crippen LogP) is 3.69. The number of ether oxygens (including phenoxy) is 2. The fraction of sp³-hybridized carbons (Fsp3) is 0.333. The molecule has 0 fully saturated rings. The van der Waals surface area contributed by atoms with Gasteiger partial charge in [-0.05, 0) is 44.2 Å². The lowest BCUT2D eigenvalue weighted by Crippen LogP contribution is -2.41. The van der Waals surface area contributed by atoms with Crippen molar-refractivity contribution in [3.05, 3.63) is 52.9 Å². The van der Waals surface area contributed by atoms with Crippen LogP contribution < -0.4 is 10.1 Å². The van der Waals surface area contributed by atoms with Crippen LogP contribution in [0.5, 0.6) is 11.6 Å². The van der Waals surface area contributed by atoms with E-state index in [0.29, 0.717) is 0 Å². The first-order valence-corrected chi connectivity index (χ1v) is 10.6. The van der Waals surface area contributed by atoms with Crippen LogP contribution in [0.15, 0.2) is 30.5 Å². The molecule has 0 radical (unpaired) electrons. The van der Waals surface area contributed by atoms with Gasteiger partial charge in [-0.1, -0.05) is 11.6 Å². The number of alkyl carbamates (subject to hydrolysis) is 1. The van der Waals surface area contributed by atoms with Gasteiger partial charge in [0, 0.05) is 24.7 Å². The number of tetrazole rings is 1. The van der Waals surface area contributed by atoms with Gasteiger partial charge in [0.25, 0.3) is 5.88 Å². The molecular weight excluding hydrogens is 490 g/mol. The molecule has 3 rings (SSSR count). The number of pyridine rings is 1. The number of carbonyl (C=O) groups is 2. The summed E-state index contributed by atoms with van der Waals surface area (Å²) in [6.45, 7) is 5.00. The first kappa shape index (κ1) is 25.7. The molecule has 0 saturated heterocycles. The van der Waals surface area contributed by atoms with Crippen LogP contribution in [0.4, 0.5) is 13.6 Å². The molecule has 2 N–H and O–H groups in total. The Hall–Kier alpha value is -3.87. The summed E-state index contributed by atoms with van der Waals surface area (Å²) in [5.74, 6) is -3.16. The Kier molecular flexibility index (Phi) is 7.79. The van der Waals surface area contributed by atoms with Crippen LogP contribution >= 0.6 is 11.6 Å². The van der Waals surface area contributed by atoms with E-state index >= 15 is 0 Å². The van der Waals surface area contributed by atoms with Crippen LogP contribution in [0.3, 0.4) is 0 Å². The van der Waals surface area contributed by atoms with Gasteiger partial charge in [-0.15, -0.1) is 15.0 Å². The number of amides is 1. The van der Waals surface area contributed by atoms with Gasteiger partial charge in [0.05, 0.1) is 11.4 Å². The summed E-state index contributed by atoms with van der Waals surface area (Å²) in [5.41, 5.74) is -0.877. The molecule has 35 heavy (non-hydrogen) atoms. The summed E-state index contributed by atoms with van der Waals surface area (Å²) < 4.78 is 38.9. The van der Waals surface area contributed by atoms with Crippen molar-refractivity contribution < 1.29 is 33.0 Å². The van der Waals surface area contributed by atoms with Crippen LogP contribution in [-0.2, 0) is 16.0 Å². The number of carbonyl (C=O) groups excluding carboxylic acids is 1. The molecule has 0 saturated carbocycles. The number of rotatable bonds is 8. The summed E-state index contributed by atoms with van der Waals surface area (Å²) in [5, 5.41) is 23.3. The van der Waals surface area contributed by atoms with E-state index in [1.807, 2.05) is 0 Å². The highest BCUT2D eigenvalue weighted by molar-refractivity contribution is 6.30. The minimum absolute atomic E-state index is 0.0385. The Bertz CT molecular complexity index is 1230. The van der Waals surface area contributed by atoms with Crippen molar-refractivity contribution in [2.24, 2.45) is 0 Å².